The van der Waals surface area contributed by atoms with Crippen molar-refractivity contribution in [1.29, 1.82) is 0 Å². The van der Waals surface area contributed by atoms with Crippen molar-refractivity contribution < 1.29 is 9.90 Å². The molecule has 5 heteroatoms. The summed E-state index contributed by atoms with van der Waals surface area (Å²) in [4.78, 5) is 18.5. The molecule has 0 amide bonds. The van der Waals surface area contributed by atoms with Gasteiger partial charge in [-0.15, -0.1) is 0 Å². The maximum Gasteiger partial charge on any atom is 0.335 e. The monoisotopic (exact) mass is 365 g/mol. The highest BCUT2D eigenvalue weighted by Gasteiger charge is 2.13. The number of nitrogens with zero attached hydrogens (tertiary/aromatic N) is 3. The van der Waals surface area contributed by atoms with E-state index in [9.17, 15) is 9.90 Å². The molecule has 0 fully saturated rings. The standard InChI is InChI=1S/C22H27N3O2/c1-4-11-25(12-5-2)15-16-7-6-8-17(13-16)21-23-19-10-9-18(22(26)27)14-20(19)24(21)3/h6-10,13-14H,4-5,11-12,15H2,1-3H3,(H,26,27). The summed E-state index contributed by atoms with van der Waals surface area (Å²) < 4.78 is 1.97. The van der Waals surface area contributed by atoms with Gasteiger partial charge in [0.2, 0.25) is 0 Å². The summed E-state index contributed by atoms with van der Waals surface area (Å²) in [6.07, 6.45) is 2.30. The average Bonchev–Trinajstić information content (AvgIpc) is 2.98. The lowest BCUT2D eigenvalue weighted by atomic mass is 10.1. The Balaban J connectivity index is 1.94. The normalized spacial score (nSPS) is 11.4. The Labute approximate surface area is 160 Å². The molecule has 0 aliphatic rings. The molecule has 1 aromatic heterocycles. The van der Waals surface area contributed by atoms with Crippen LogP contribution < -0.4 is 0 Å². The molecule has 0 aliphatic carbocycles. The number of aromatic carboxylic acids is 1. The number of benzene rings is 2. The quantitative estimate of drug-likeness (QED) is 0.636. The van der Waals surface area contributed by atoms with Crippen LogP contribution in [0.3, 0.4) is 0 Å². The SMILES string of the molecule is CCCN(CCC)Cc1cccc(-c2nc3ccc(C(=O)O)cc3n2C)c1. The van der Waals surface area contributed by atoms with E-state index in [4.69, 9.17) is 4.98 Å². The first-order valence-electron chi connectivity index (χ1n) is 9.55. The summed E-state index contributed by atoms with van der Waals surface area (Å²) in [5, 5.41) is 9.23. The molecule has 0 bridgehead atoms. The highest BCUT2D eigenvalue weighted by atomic mass is 16.4. The van der Waals surface area contributed by atoms with Crippen LogP contribution >= 0.6 is 0 Å². The largest absolute Gasteiger partial charge is 0.478 e. The van der Waals surface area contributed by atoms with Gasteiger partial charge in [0.25, 0.3) is 0 Å². The van der Waals surface area contributed by atoms with Crippen LogP contribution in [0, 0.1) is 0 Å². The zero-order chi connectivity index (χ0) is 19.4. The fourth-order valence-electron chi connectivity index (χ4n) is 3.55. The Hall–Kier alpha value is -2.66. The van der Waals surface area contributed by atoms with Gasteiger partial charge in [0.1, 0.15) is 5.82 Å². The van der Waals surface area contributed by atoms with Gasteiger partial charge in [-0.1, -0.05) is 32.0 Å². The fourth-order valence-corrected chi connectivity index (χ4v) is 3.55. The van der Waals surface area contributed by atoms with Crippen molar-refractivity contribution >= 4 is 17.0 Å². The first kappa shape index (κ1) is 19.1. The zero-order valence-corrected chi connectivity index (χ0v) is 16.3. The minimum absolute atomic E-state index is 0.278. The van der Waals surface area contributed by atoms with Crippen molar-refractivity contribution in [3.05, 3.63) is 53.6 Å². The van der Waals surface area contributed by atoms with Crippen LogP contribution in [0.25, 0.3) is 22.4 Å². The van der Waals surface area contributed by atoms with Gasteiger partial charge >= 0.3 is 5.97 Å². The highest BCUT2D eigenvalue weighted by molar-refractivity contribution is 5.93. The van der Waals surface area contributed by atoms with E-state index in [1.165, 1.54) is 5.56 Å². The number of imidazole rings is 1. The molecule has 0 spiro atoms. The van der Waals surface area contributed by atoms with E-state index in [1.54, 1.807) is 18.2 Å². The lowest BCUT2D eigenvalue weighted by molar-refractivity contribution is 0.0697. The number of rotatable bonds is 8. The molecule has 142 valence electrons. The molecule has 3 rings (SSSR count). The zero-order valence-electron chi connectivity index (χ0n) is 16.3. The summed E-state index contributed by atoms with van der Waals surface area (Å²) in [5.74, 6) is -0.0690. The van der Waals surface area contributed by atoms with Crippen molar-refractivity contribution in [2.24, 2.45) is 7.05 Å². The first-order chi connectivity index (χ1) is 13.0. The molecule has 0 saturated heterocycles. The number of carboxylic acid groups (broad SMARTS) is 1. The number of carboxylic acids is 1. The lowest BCUT2D eigenvalue weighted by Crippen LogP contribution is -2.24. The number of hydrogen-bond donors (Lipinski definition) is 1. The predicted molar refractivity (Wildman–Crippen MR) is 109 cm³/mol. The minimum atomic E-state index is -0.923. The van der Waals surface area contributed by atoms with Crippen molar-refractivity contribution in [1.82, 2.24) is 14.5 Å². The molecule has 1 heterocycles. The summed E-state index contributed by atoms with van der Waals surface area (Å²) in [5.41, 5.74) is 4.24. The third-order valence-corrected chi connectivity index (χ3v) is 4.80. The molecular formula is C22H27N3O2. The van der Waals surface area contributed by atoms with E-state index < -0.39 is 5.97 Å². The van der Waals surface area contributed by atoms with Gasteiger partial charge in [-0.2, -0.15) is 0 Å². The van der Waals surface area contributed by atoms with Crippen LogP contribution in [-0.4, -0.2) is 38.6 Å². The summed E-state index contributed by atoms with van der Waals surface area (Å²) in [7, 11) is 1.93. The summed E-state index contributed by atoms with van der Waals surface area (Å²) in [6.45, 7) is 7.56. The fraction of sp³-hybridized carbons (Fsp3) is 0.364. The van der Waals surface area contributed by atoms with E-state index in [-0.39, 0.29) is 5.56 Å². The number of aromatic nitrogens is 2. The van der Waals surface area contributed by atoms with Gasteiger partial charge in [-0.3, -0.25) is 4.90 Å². The summed E-state index contributed by atoms with van der Waals surface area (Å²) >= 11 is 0. The third kappa shape index (κ3) is 4.19. The van der Waals surface area contributed by atoms with Crippen LogP contribution in [0.1, 0.15) is 42.6 Å². The van der Waals surface area contributed by atoms with Crippen molar-refractivity contribution in [3.63, 3.8) is 0 Å². The molecular weight excluding hydrogens is 338 g/mol. The molecule has 0 atom stereocenters. The van der Waals surface area contributed by atoms with E-state index >= 15 is 0 Å². The Bertz CT molecular complexity index is 940. The first-order valence-corrected chi connectivity index (χ1v) is 9.55. The van der Waals surface area contributed by atoms with Gasteiger partial charge in [-0.05, 0) is 55.8 Å². The summed E-state index contributed by atoms with van der Waals surface area (Å²) in [6, 6.07) is 13.5. The van der Waals surface area contributed by atoms with E-state index in [2.05, 4.69) is 43.0 Å². The van der Waals surface area contributed by atoms with Gasteiger partial charge in [0.15, 0.2) is 0 Å². The van der Waals surface area contributed by atoms with Crippen molar-refractivity contribution in [2.75, 3.05) is 13.1 Å². The Kier molecular flexibility index (Phi) is 5.91. The third-order valence-electron chi connectivity index (χ3n) is 4.80. The molecule has 2 aromatic carbocycles. The molecule has 0 unspecified atom stereocenters. The smallest absolute Gasteiger partial charge is 0.335 e. The lowest BCUT2D eigenvalue weighted by Gasteiger charge is -2.21. The Morgan fingerprint density at radius 3 is 2.52 bits per heavy atom. The number of aryl methyl sites for hydroxylation is 1. The van der Waals surface area contributed by atoms with Gasteiger partial charge in [0.05, 0.1) is 16.6 Å². The Morgan fingerprint density at radius 1 is 1.11 bits per heavy atom. The van der Waals surface area contributed by atoms with Crippen LogP contribution in [0.5, 0.6) is 0 Å². The van der Waals surface area contributed by atoms with Crippen LogP contribution in [0.15, 0.2) is 42.5 Å². The van der Waals surface area contributed by atoms with Crippen LogP contribution in [0.2, 0.25) is 0 Å². The van der Waals surface area contributed by atoms with Crippen LogP contribution in [0.4, 0.5) is 0 Å². The van der Waals surface area contributed by atoms with E-state index in [0.29, 0.717) is 0 Å². The topological polar surface area (TPSA) is 58.4 Å². The average molecular weight is 365 g/mol. The van der Waals surface area contributed by atoms with Crippen LogP contribution in [-0.2, 0) is 13.6 Å². The van der Waals surface area contributed by atoms with Gasteiger partial charge < -0.3 is 9.67 Å². The molecule has 27 heavy (non-hydrogen) atoms. The maximum atomic E-state index is 11.3. The molecule has 0 aliphatic heterocycles. The maximum absolute atomic E-state index is 11.3. The Morgan fingerprint density at radius 2 is 1.85 bits per heavy atom. The van der Waals surface area contributed by atoms with Crippen molar-refractivity contribution in [2.45, 2.75) is 33.2 Å². The molecule has 1 N–H and O–H groups in total. The number of hydrogen-bond acceptors (Lipinski definition) is 3. The van der Waals surface area contributed by atoms with E-state index in [1.807, 2.05) is 11.6 Å². The van der Waals surface area contributed by atoms with Gasteiger partial charge in [0, 0.05) is 19.2 Å². The molecule has 5 nitrogen and oxygen atoms in total. The number of fused-ring (bicyclic) bond motifs is 1. The minimum Gasteiger partial charge on any atom is -0.478 e. The highest BCUT2D eigenvalue weighted by Crippen LogP contribution is 2.25. The second kappa shape index (κ2) is 8.35. The molecule has 0 radical (unpaired) electrons. The second-order valence-electron chi connectivity index (χ2n) is 6.98. The van der Waals surface area contributed by atoms with Crippen molar-refractivity contribution in [3.8, 4) is 11.4 Å². The molecule has 3 aromatic rings. The predicted octanol–water partition coefficient (Wildman–Crippen LogP) is 4.56. The van der Waals surface area contributed by atoms with Gasteiger partial charge in [-0.25, -0.2) is 9.78 Å². The second-order valence-corrected chi connectivity index (χ2v) is 6.98. The molecule has 0 saturated carbocycles. The number of carbonyl (C=O) groups is 1. The van der Waals surface area contributed by atoms with E-state index in [0.717, 1.165) is 54.9 Å².